The van der Waals surface area contributed by atoms with Gasteiger partial charge in [-0.05, 0) is 45.8 Å². The Bertz CT molecular complexity index is 1780. The van der Waals surface area contributed by atoms with Gasteiger partial charge in [-0.25, -0.2) is 0 Å². The molecule has 0 spiro atoms. The number of ether oxygens (including phenoxy) is 1. The lowest BCUT2D eigenvalue weighted by Gasteiger charge is -2.27. The zero-order chi connectivity index (χ0) is 31.4. The molecular weight excluding hydrogens is 554 g/mol. The number of piperazine rings is 1. The standard InChI is InChI=1S/C35H33N5O.2C2H6/c1-2-27-10-13-37-21-31(27)29(3-1)28-7-4-25(5-8-28)12-19-41-35-20-26(24-40-17-15-36-16-18-40)6-9-30(35)32-23-39-34-11-14-38-22-33(32)34;2*1-2/h1-11,13-14,20-23,36,39H,12,15-19,24H2;2*1-2H3. The van der Waals surface area contributed by atoms with Crippen LogP contribution in [0.4, 0.5) is 0 Å². The summed E-state index contributed by atoms with van der Waals surface area (Å²) >= 11 is 0. The summed E-state index contributed by atoms with van der Waals surface area (Å²) in [4.78, 5) is 14.6. The van der Waals surface area contributed by atoms with Crippen LogP contribution >= 0.6 is 0 Å². The molecule has 45 heavy (non-hydrogen) atoms. The van der Waals surface area contributed by atoms with Crippen molar-refractivity contribution in [3.8, 4) is 28.0 Å². The molecule has 0 atom stereocenters. The number of pyridine rings is 2. The van der Waals surface area contributed by atoms with Crippen molar-refractivity contribution in [3.05, 3.63) is 115 Å². The van der Waals surface area contributed by atoms with Gasteiger partial charge in [0.05, 0.1) is 6.61 Å². The molecule has 0 saturated carbocycles. The van der Waals surface area contributed by atoms with Gasteiger partial charge in [0.15, 0.2) is 0 Å². The number of nitrogens with zero attached hydrogens (tertiary/aromatic N) is 3. The van der Waals surface area contributed by atoms with Crippen LogP contribution in [-0.4, -0.2) is 52.6 Å². The molecular formula is C39H45N5O. The number of hydrogen-bond donors (Lipinski definition) is 2. The van der Waals surface area contributed by atoms with Crippen LogP contribution in [0.3, 0.4) is 0 Å². The third-order valence-corrected chi connectivity index (χ3v) is 8.03. The first kappa shape index (κ1) is 31.9. The average Bonchev–Trinajstić information content (AvgIpc) is 3.55. The molecule has 6 heteroatoms. The van der Waals surface area contributed by atoms with Crippen LogP contribution in [0, 0.1) is 0 Å². The molecule has 0 unspecified atom stereocenters. The quantitative estimate of drug-likeness (QED) is 0.184. The van der Waals surface area contributed by atoms with E-state index in [0.29, 0.717) is 6.61 Å². The number of rotatable bonds is 8. The zero-order valence-electron chi connectivity index (χ0n) is 27.0. The van der Waals surface area contributed by atoms with Crippen LogP contribution in [0.15, 0.2) is 104 Å². The molecule has 6 aromatic rings. The van der Waals surface area contributed by atoms with Crippen molar-refractivity contribution in [1.29, 1.82) is 0 Å². The van der Waals surface area contributed by atoms with Crippen molar-refractivity contribution >= 4 is 21.7 Å². The van der Waals surface area contributed by atoms with Gasteiger partial charge in [0, 0.05) is 97.5 Å². The molecule has 1 aliphatic heterocycles. The molecule has 2 N–H and O–H groups in total. The number of aromatic amines is 1. The van der Waals surface area contributed by atoms with Crippen LogP contribution in [0.25, 0.3) is 43.9 Å². The van der Waals surface area contributed by atoms with Gasteiger partial charge in [0.25, 0.3) is 0 Å². The number of H-pyrrole nitrogens is 1. The highest BCUT2D eigenvalue weighted by Crippen LogP contribution is 2.36. The first-order valence-electron chi connectivity index (χ1n) is 16.3. The van der Waals surface area contributed by atoms with Crippen LogP contribution in [0.1, 0.15) is 38.8 Å². The largest absolute Gasteiger partial charge is 0.493 e. The van der Waals surface area contributed by atoms with Crippen LogP contribution in [0.2, 0.25) is 0 Å². The van der Waals surface area contributed by atoms with E-state index in [1.807, 2.05) is 58.5 Å². The molecule has 6 nitrogen and oxygen atoms in total. The van der Waals surface area contributed by atoms with Gasteiger partial charge in [-0.2, -0.15) is 0 Å². The fraction of sp³-hybridized carbons (Fsp3) is 0.282. The summed E-state index contributed by atoms with van der Waals surface area (Å²) in [5.41, 5.74) is 8.22. The first-order valence-corrected chi connectivity index (χ1v) is 16.3. The second-order valence-corrected chi connectivity index (χ2v) is 10.7. The van der Waals surface area contributed by atoms with E-state index in [1.54, 1.807) is 0 Å². The average molecular weight is 600 g/mol. The summed E-state index contributed by atoms with van der Waals surface area (Å²) in [6.45, 7) is 13.7. The number of benzene rings is 3. The fourth-order valence-corrected chi connectivity index (χ4v) is 5.81. The van der Waals surface area contributed by atoms with Crippen LogP contribution < -0.4 is 10.1 Å². The van der Waals surface area contributed by atoms with E-state index in [-0.39, 0.29) is 0 Å². The van der Waals surface area contributed by atoms with Gasteiger partial charge in [-0.1, -0.05) is 82.3 Å². The molecule has 0 aliphatic carbocycles. The third kappa shape index (κ3) is 7.59. The van der Waals surface area contributed by atoms with E-state index in [2.05, 4.69) is 98.1 Å². The van der Waals surface area contributed by atoms with E-state index in [4.69, 9.17) is 4.74 Å². The summed E-state index contributed by atoms with van der Waals surface area (Å²) in [6.07, 6.45) is 10.4. The highest BCUT2D eigenvalue weighted by Gasteiger charge is 2.15. The number of fused-ring (bicyclic) bond motifs is 2. The summed E-state index contributed by atoms with van der Waals surface area (Å²) in [5, 5.41) is 6.92. The number of hydrogen-bond acceptors (Lipinski definition) is 5. The molecule has 7 rings (SSSR count). The van der Waals surface area contributed by atoms with E-state index < -0.39 is 0 Å². The summed E-state index contributed by atoms with van der Waals surface area (Å²) in [5.74, 6) is 0.919. The van der Waals surface area contributed by atoms with E-state index in [1.165, 1.54) is 33.0 Å². The molecule has 3 aromatic carbocycles. The summed E-state index contributed by atoms with van der Waals surface area (Å²) in [7, 11) is 0. The normalized spacial score (nSPS) is 13.1. The molecule has 0 radical (unpaired) electrons. The molecule has 3 aromatic heterocycles. The van der Waals surface area contributed by atoms with Crippen molar-refractivity contribution < 1.29 is 4.74 Å². The maximum atomic E-state index is 6.54. The summed E-state index contributed by atoms with van der Waals surface area (Å²) < 4.78 is 6.54. The van der Waals surface area contributed by atoms with Gasteiger partial charge < -0.3 is 15.0 Å². The molecule has 1 saturated heterocycles. The van der Waals surface area contributed by atoms with Crippen molar-refractivity contribution in [1.82, 2.24) is 25.2 Å². The number of nitrogens with one attached hydrogen (secondary N) is 2. The topological polar surface area (TPSA) is 66.1 Å². The lowest BCUT2D eigenvalue weighted by atomic mass is 9.98. The van der Waals surface area contributed by atoms with Gasteiger partial charge >= 0.3 is 0 Å². The number of aromatic nitrogens is 3. The minimum Gasteiger partial charge on any atom is -0.493 e. The third-order valence-electron chi connectivity index (χ3n) is 8.03. The second-order valence-electron chi connectivity index (χ2n) is 10.7. The molecule has 232 valence electrons. The fourth-order valence-electron chi connectivity index (χ4n) is 5.81. The highest BCUT2D eigenvalue weighted by atomic mass is 16.5. The maximum Gasteiger partial charge on any atom is 0.127 e. The Kier molecular flexibility index (Phi) is 11.3. The van der Waals surface area contributed by atoms with Crippen molar-refractivity contribution in [2.24, 2.45) is 0 Å². The second kappa shape index (κ2) is 16.0. The van der Waals surface area contributed by atoms with Crippen molar-refractivity contribution in [2.45, 2.75) is 40.7 Å². The SMILES string of the molecule is CC.CC.c1cc(-c2ccc(CCOc3cc(CN4CCNCC4)ccc3-c3c[nH]c4ccncc34)cc2)c2cnccc2c1. The molecule has 1 fully saturated rings. The maximum absolute atomic E-state index is 6.54. The van der Waals surface area contributed by atoms with Crippen molar-refractivity contribution in [2.75, 3.05) is 32.8 Å². The van der Waals surface area contributed by atoms with Gasteiger partial charge in [0.1, 0.15) is 5.75 Å². The Labute approximate surface area is 267 Å². The van der Waals surface area contributed by atoms with Crippen LogP contribution in [0.5, 0.6) is 5.75 Å². The Morgan fingerprint density at radius 3 is 2.27 bits per heavy atom. The predicted octanol–water partition coefficient (Wildman–Crippen LogP) is 8.52. The Morgan fingerprint density at radius 2 is 1.47 bits per heavy atom. The molecule has 4 heterocycles. The van der Waals surface area contributed by atoms with E-state index >= 15 is 0 Å². The lowest BCUT2D eigenvalue weighted by molar-refractivity contribution is 0.232. The Hall–Kier alpha value is -4.52. The van der Waals surface area contributed by atoms with E-state index in [0.717, 1.165) is 66.9 Å². The predicted molar refractivity (Wildman–Crippen MR) is 189 cm³/mol. The zero-order valence-corrected chi connectivity index (χ0v) is 27.0. The summed E-state index contributed by atoms with van der Waals surface area (Å²) in [6, 6.07) is 26.0. The van der Waals surface area contributed by atoms with Gasteiger partial charge in [-0.15, -0.1) is 0 Å². The minimum atomic E-state index is 0.599. The molecule has 0 amide bonds. The van der Waals surface area contributed by atoms with Gasteiger partial charge in [-0.3, -0.25) is 14.9 Å². The van der Waals surface area contributed by atoms with Gasteiger partial charge in [0.2, 0.25) is 0 Å². The molecule has 1 aliphatic rings. The van der Waals surface area contributed by atoms with Crippen LogP contribution in [-0.2, 0) is 13.0 Å². The molecule has 0 bridgehead atoms. The Balaban J connectivity index is 0.000000963. The monoisotopic (exact) mass is 599 g/mol. The first-order chi connectivity index (χ1) is 22.3. The Morgan fingerprint density at radius 1 is 0.733 bits per heavy atom. The van der Waals surface area contributed by atoms with Crippen molar-refractivity contribution in [3.63, 3.8) is 0 Å². The van der Waals surface area contributed by atoms with E-state index in [9.17, 15) is 0 Å². The smallest absolute Gasteiger partial charge is 0.127 e. The minimum absolute atomic E-state index is 0.599. The lowest BCUT2D eigenvalue weighted by Crippen LogP contribution is -2.42. The highest BCUT2D eigenvalue weighted by molar-refractivity contribution is 5.97.